The summed E-state index contributed by atoms with van der Waals surface area (Å²) < 4.78 is 2.23. The number of hydrogen-bond donors (Lipinski definition) is 1. The predicted octanol–water partition coefficient (Wildman–Crippen LogP) is 3.90. The quantitative estimate of drug-likeness (QED) is 0.906. The first kappa shape index (κ1) is 12.5. The van der Waals surface area contributed by atoms with Crippen LogP contribution in [0.5, 0.6) is 0 Å². The molecule has 1 saturated carbocycles. The predicted molar refractivity (Wildman–Crippen MR) is 80.1 cm³/mol. The number of imidazole rings is 1. The molecule has 0 bridgehead atoms. The molecule has 1 aromatic carbocycles. The highest BCUT2D eigenvalue weighted by Crippen LogP contribution is 2.43. The fraction of sp³-hybridized carbons (Fsp3) is 0.562. The normalized spacial score (nSPS) is 18.2. The molecule has 0 aliphatic heterocycles. The summed E-state index contributed by atoms with van der Waals surface area (Å²) in [6.45, 7) is 5.44. The number of nitrogens with two attached hydrogens (primary N) is 1. The third-order valence-electron chi connectivity index (χ3n) is 4.92. The Kier molecular flexibility index (Phi) is 3.00. The first-order valence-corrected chi connectivity index (χ1v) is 7.36. The fourth-order valence-corrected chi connectivity index (χ4v) is 3.56. The number of nitrogen functional groups attached to an aromatic ring is 1. The van der Waals surface area contributed by atoms with Gasteiger partial charge in [0.15, 0.2) is 0 Å². The standard InChI is InChI=1S/C16H23N3/c1-3-16(9-4-5-10-16)11-19-13-8-6-7-12(2)14(13)18-15(19)17/h6-8H,3-5,9-11H2,1-2H3,(H2,17,18). The van der Waals surface area contributed by atoms with Gasteiger partial charge in [0.05, 0.1) is 11.0 Å². The van der Waals surface area contributed by atoms with Crippen molar-refractivity contribution in [1.82, 2.24) is 9.55 Å². The van der Waals surface area contributed by atoms with Crippen LogP contribution < -0.4 is 5.73 Å². The summed E-state index contributed by atoms with van der Waals surface area (Å²) in [6.07, 6.45) is 6.61. The van der Waals surface area contributed by atoms with Crippen molar-refractivity contribution in [3.8, 4) is 0 Å². The monoisotopic (exact) mass is 257 g/mol. The van der Waals surface area contributed by atoms with E-state index in [4.69, 9.17) is 5.73 Å². The maximum atomic E-state index is 6.17. The Labute approximate surface area is 114 Å². The molecule has 0 unspecified atom stereocenters. The minimum Gasteiger partial charge on any atom is -0.369 e. The number of benzene rings is 1. The number of hydrogen-bond acceptors (Lipinski definition) is 2. The lowest BCUT2D eigenvalue weighted by Crippen LogP contribution is -2.23. The van der Waals surface area contributed by atoms with Crippen molar-refractivity contribution >= 4 is 17.0 Å². The van der Waals surface area contributed by atoms with Crippen LogP contribution in [0, 0.1) is 12.3 Å². The van der Waals surface area contributed by atoms with Gasteiger partial charge in [0, 0.05) is 6.54 Å². The molecule has 2 N–H and O–H groups in total. The molecular formula is C16H23N3. The molecule has 0 saturated heterocycles. The molecule has 1 aromatic heterocycles. The van der Waals surface area contributed by atoms with Gasteiger partial charge < -0.3 is 10.3 Å². The lowest BCUT2D eigenvalue weighted by molar-refractivity contribution is 0.242. The van der Waals surface area contributed by atoms with Crippen LogP contribution in [0.1, 0.15) is 44.6 Å². The molecule has 102 valence electrons. The Morgan fingerprint density at radius 3 is 2.74 bits per heavy atom. The first-order valence-electron chi connectivity index (χ1n) is 7.36. The number of aryl methyl sites for hydroxylation is 1. The summed E-state index contributed by atoms with van der Waals surface area (Å²) in [6, 6.07) is 6.34. The molecule has 1 aliphatic carbocycles. The van der Waals surface area contributed by atoms with Crippen molar-refractivity contribution in [1.29, 1.82) is 0 Å². The van der Waals surface area contributed by atoms with Crippen LogP contribution >= 0.6 is 0 Å². The molecule has 0 spiro atoms. The fourth-order valence-electron chi connectivity index (χ4n) is 3.56. The molecule has 1 heterocycles. The van der Waals surface area contributed by atoms with E-state index in [2.05, 4.69) is 41.6 Å². The highest BCUT2D eigenvalue weighted by atomic mass is 15.2. The molecule has 3 rings (SSSR count). The van der Waals surface area contributed by atoms with E-state index in [1.165, 1.54) is 43.2 Å². The maximum Gasteiger partial charge on any atom is 0.201 e. The summed E-state index contributed by atoms with van der Waals surface area (Å²) in [5.74, 6) is 0.670. The van der Waals surface area contributed by atoms with Gasteiger partial charge in [-0.2, -0.15) is 0 Å². The number of rotatable bonds is 3. The van der Waals surface area contributed by atoms with Crippen LogP contribution in [-0.2, 0) is 6.54 Å². The highest BCUT2D eigenvalue weighted by Gasteiger charge is 2.33. The summed E-state index contributed by atoms with van der Waals surface area (Å²) in [5, 5.41) is 0. The maximum absolute atomic E-state index is 6.17. The Balaban J connectivity index is 2.05. The molecule has 0 radical (unpaired) electrons. The van der Waals surface area contributed by atoms with Crippen LogP contribution in [0.2, 0.25) is 0 Å². The SMILES string of the molecule is CCC1(Cn2c(N)nc3c(C)cccc32)CCCC1. The van der Waals surface area contributed by atoms with E-state index < -0.39 is 0 Å². The van der Waals surface area contributed by atoms with Gasteiger partial charge in [-0.05, 0) is 43.2 Å². The third-order valence-corrected chi connectivity index (χ3v) is 4.92. The molecule has 0 amide bonds. The largest absolute Gasteiger partial charge is 0.369 e. The zero-order chi connectivity index (χ0) is 13.5. The average Bonchev–Trinajstić information content (AvgIpc) is 2.99. The molecule has 1 fully saturated rings. The number of fused-ring (bicyclic) bond motifs is 1. The molecular weight excluding hydrogens is 234 g/mol. The lowest BCUT2D eigenvalue weighted by atomic mass is 9.83. The Bertz CT molecular complexity index is 591. The van der Waals surface area contributed by atoms with Gasteiger partial charge in [-0.25, -0.2) is 4.98 Å². The number of anilines is 1. The first-order chi connectivity index (χ1) is 9.15. The van der Waals surface area contributed by atoms with E-state index in [1.807, 2.05) is 0 Å². The van der Waals surface area contributed by atoms with E-state index in [9.17, 15) is 0 Å². The molecule has 0 atom stereocenters. The number of aromatic nitrogens is 2. The zero-order valence-corrected chi connectivity index (χ0v) is 11.9. The van der Waals surface area contributed by atoms with Crippen molar-refractivity contribution in [2.45, 2.75) is 52.5 Å². The second-order valence-corrected chi connectivity index (χ2v) is 6.06. The number of nitrogens with zero attached hydrogens (tertiary/aromatic N) is 2. The number of para-hydroxylation sites is 1. The van der Waals surface area contributed by atoms with Crippen molar-refractivity contribution < 1.29 is 0 Å². The van der Waals surface area contributed by atoms with E-state index >= 15 is 0 Å². The van der Waals surface area contributed by atoms with Crippen molar-refractivity contribution in [2.75, 3.05) is 5.73 Å². The third kappa shape index (κ3) is 2.01. The van der Waals surface area contributed by atoms with E-state index in [0.29, 0.717) is 11.4 Å². The summed E-state index contributed by atoms with van der Waals surface area (Å²) in [5.41, 5.74) is 10.1. The van der Waals surface area contributed by atoms with E-state index in [1.54, 1.807) is 0 Å². The van der Waals surface area contributed by atoms with Crippen LogP contribution in [0.4, 0.5) is 5.95 Å². The second kappa shape index (κ2) is 4.55. The van der Waals surface area contributed by atoms with Gasteiger partial charge in [0.2, 0.25) is 5.95 Å². The Morgan fingerprint density at radius 2 is 2.05 bits per heavy atom. The Morgan fingerprint density at radius 1 is 1.32 bits per heavy atom. The van der Waals surface area contributed by atoms with E-state index in [0.717, 1.165) is 12.1 Å². The smallest absolute Gasteiger partial charge is 0.201 e. The van der Waals surface area contributed by atoms with Gasteiger partial charge in [0.1, 0.15) is 0 Å². The minimum absolute atomic E-state index is 0.436. The van der Waals surface area contributed by atoms with Gasteiger partial charge in [-0.3, -0.25) is 0 Å². The summed E-state index contributed by atoms with van der Waals surface area (Å²) >= 11 is 0. The van der Waals surface area contributed by atoms with Gasteiger partial charge >= 0.3 is 0 Å². The van der Waals surface area contributed by atoms with Gasteiger partial charge in [-0.1, -0.05) is 31.9 Å². The summed E-state index contributed by atoms with van der Waals surface area (Å²) in [4.78, 5) is 4.56. The molecule has 3 heteroatoms. The topological polar surface area (TPSA) is 43.8 Å². The highest BCUT2D eigenvalue weighted by molar-refractivity contribution is 5.81. The van der Waals surface area contributed by atoms with Crippen LogP contribution in [0.15, 0.2) is 18.2 Å². The van der Waals surface area contributed by atoms with Gasteiger partial charge in [0.25, 0.3) is 0 Å². The minimum atomic E-state index is 0.436. The Hall–Kier alpha value is -1.51. The molecule has 2 aromatic rings. The van der Waals surface area contributed by atoms with Crippen LogP contribution in [-0.4, -0.2) is 9.55 Å². The van der Waals surface area contributed by atoms with Crippen molar-refractivity contribution in [3.05, 3.63) is 23.8 Å². The van der Waals surface area contributed by atoms with Gasteiger partial charge in [-0.15, -0.1) is 0 Å². The lowest BCUT2D eigenvalue weighted by Gasteiger charge is -2.28. The van der Waals surface area contributed by atoms with Crippen LogP contribution in [0.3, 0.4) is 0 Å². The zero-order valence-electron chi connectivity index (χ0n) is 11.9. The second-order valence-electron chi connectivity index (χ2n) is 6.06. The average molecular weight is 257 g/mol. The van der Waals surface area contributed by atoms with Crippen molar-refractivity contribution in [2.24, 2.45) is 5.41 Å². The van der Waals surface area contributed by atoms with E-state index in [-0.39, 0.29) is 0 Å². The summed E-state index contributed by atoms with van der Waals surface area (Å²) in [7, 11) is 0. The molecule has 1 aliphatic rings. The molecule has 19 heavy (non-hydrogen) atoms. The van der Waals surface area contributed by atoms with Crippen molar-refractivity contribution in [3.63, 3.8) is 0 Å². The van der Waals surface area contributed by atoms with Crippen LogP contribution in [0.25, 0.3) is 11.0 Å². The molecule has 3 nitrogen and oxygen atoms in total.